The molecule has 1 nitrogen and oxygen atoms in total. The molecule has 0 aliphatic rings. The molecular weight excluding hydrogens is 429 g/mol. The van der Waals surface area contributed by atoms with Crippen molar-refractivity contribution in [3.8, 4) is 0 Å². The number of benzene rings is 2. The van der Waals surface area contributed by atoms with Crippen molar-refractivity contribution in [2.45, 2.75) is 6.54 Å². The number of hydrogen-bond donors (Lipinski definition) is 1. The Morgan fingerprint density at radius 3 is 2.33 bits per heavy atom. The second kappa shape index (κ2) is 6.17. The number of para-hydroxylation sites is 1. The van der Waals surface area contributed by atoms with E-state index in [-0.39, 0.29) is 5.82 Å². The van der Waals surface area contributed by atoms with Crippen molar-refractivity contribution < 1.29 is 4.39 Å². The summed E-state index contributed by atoms with van der Waals surface area (Å²) >= 11 is 10.3. The van der Waals surface area contributed by atoms with Crippen LogP contribution >= 0.6 is 47.8 Å². The molecule has 0 aliphatic heterocycles. The van der Waals surface area contributed by atoms with Gasteiger partial charge in [-0.05, 0) is 62.2 Å². The van der Waals surface area contributed by atoms with Gasteiger partial charge in [0.25, 0.3) is 0 Å². The van der Waals surface area contributed by atoms with Crippen molar-refractivity contribution in [3.05, 3.63) is 61.2 Å². The summed E-state index contributed by atoms with van der Waals surface area (Å²) in [4.78, 5) is 0. The zero-order chi connectivity index (χ0) is 13.1. The van der Waals surface area contributed by atoms with Gasteiger partial charge in [-0.1, -0.05) is 22.0 Å². The minimum Gasteiger partial charge on any atom is -0.379 e. The summed E-state index contributed by atoms with van der Waals surface area (Å²) in [6, 6.07) is 10.7. The fourth-order valence-corrected chi connectivity index (χ4v) is 3.22. The molecule has 0 saturated heterocycles. The second-order valence-electron chi connectivity index (χ2n) is 3.69. The highest BCUT2D eigenvalue weighted by molar-refractivity contribution is 9.11. The number of rotatable bonds is 3. The van der Waals surface area contributed by atoms with Gasteiger partial charge in [0.05, 0.1) is 5.69 Å². The van der Waals surface area contributed by atoms with Gasteiger partial charge in [0.2, 0.25) is 0 Å². The molecule has 0 spiro atoms. The zero-order valence-corrected chi connectivity index (χ0v) is 13.9. The fraction of sp³-hybridized carbons (Fsp3) is 0.0769. The minimum absolute atomic E-state index is 0.214. The van der Waals surface area contributed by atoms with E-state index in [1.54, 1.807) is 12.1 Å². The molecule has 0 aromatic heterocycles. The maximum Gasteiger partial charge on any atom is 0.128 e. The van der Waals surface area contributed by atoms with E-state index in [1.165, 1.54) is 6.07 Å². The van der Waals surface area contributed by atoms with Crippen LogP contribution in [0, 0.1) is 5.82 Å². The van der Waals surface area contributed by atoms with Crippen LogP contribution in [-0.4, -0.2) is 0 Å². The standard InChI is InChI=1S/C13H9Br3FN/c14-9-4-5-12(17)8(6-9)7-18-13-10(15)2-1-3-11(13)16/h1-6,18H,7H2. The Morgan fingerprint density at radius 1 is 1.00 bits per heavy atom. The molecule has 0 radical (unpaired) electrons. The Morgan fingerprint density at radius 2 is 1.67 bits per heavy atom. The second-order valence-corrected chi connectivity index (χ2v) is 6.31. The van der Waals surface area contributed by atoms with Gasteiger partial charge in [0, 0.05) is 25.5 Å². The van der Waals surface area contributed by atoms with Crippen molar-refractivity contribution >= 4 is 53.5 Å². The van der Waals surface area contributed by atoms with Crippen molar-refractivity contribution in [3.63, 3.8) is 0 Å². The van der Waals surface area contributed by atoms with Crippen molar-refractivity contribution in [1.29, 1.82) is 0 Å². The molecule has 0 unspecified atom stereocenters. The highest BCUT2D eigenvalue weighted by atomic mass is 79.9. The molecule has 0 bridgehead atoms. The van der Waals surface area contributed by atoms with E-state index in [0.29, 0.717) is 12.1 Å². The summed E-state index contributed by atoms with van der Waals surface area (Å²) in [6.45, 7) is 0.423. The fourth-order valence-electron chi connectivity index (χ4n) is 1.53. The molecule has 0 heterocycles. The predicted molar refractivity (Wildman–Crippen MR) is 83.3 cm³/mol. The molecule has 0 fully saturated rings. The lowest BCUT2D eigenvalue weighted by Crippen LogP contribution is -2.03. The molecule has 0 aliphatic carbocycles. The molecule has 5 heteroatoms. The molecule has 0 amide bonds. The zero-order valence-electron chi connectivity index (χ0n) is 9.18. The summed E-state index contributed by atoms with van der Waals surface area (Å²) in [6.07, 6.45) is 0. The van der Waals surface area contributed by atoms with Crippen molar-refractivity contribution in [2.75, 3.05) is 5.32 Å². The molecule has 18 heavy (non-hydrogen) atoms. The van der Waals surface area contributed by atoms with E-state index in [4.69, 9.17) is 0 Å². The lowest BCUT2D eigenvalue weighted by molar-refractivity contribution is 0.612. The van der Waals surface area contributed by atoms with Gasteiger partial charge >= 0.3 is 0 Å². The van der Waals surface area contributed by atoms with E-state index in [2.05, 4.69) is 53.1 Å². The molecule has 0 atom stereocenters. The maximum absolute atomic E-state index is 13.6. The van der Waals surface area contributed by atoms with E-state index in [9.17, 15) is 4.39 Å². The topological polar surface area (TPSA) is 12.0 Å². The Balaban J connectivity index is 2.19. The van der Waals surface area contributed by atoms with Crippen LogP contribution in [0.25, 0.3) is 0 Å². The van der Waals surface area contributed by atoms with Crippen molar-refractivity contribution in [1.82, 2.24) is 0 Å². The quantitative estimate of drug-likeness (QED) is 0.647. The van der Waals surface area contributed by atoms with Gasteiger partial charge in [-0.2, -0.15) is 0 Å². The highest BCUT2D eigenvalue weighted by Gasteiger charge is 2.06. The Bertz CT molecular complexity index is 552. The highest BCUT2D eigenvalue weighted by Crippen LogP contribution is 2.31. The first-order valence-electron chi connectivity index (χ1n) is 5.20. The third-order valence-corrected chi connectivity index (χ3v) is 4.24. The van der Waals surface area contributed by atoms with E-state index in [0.717, 1.165) is 19.1 Å². The van der Waals surface area contributed by atoms with Crippen LogP contribution in [0.15, 0.2) is 49.8 Å². The van der Waals surface area contributed by atoms with Crippen LogP contribution in [0.4, 0.5) is 10.1 Å². The minimum atomic E-state index is -0.214. The molecule has 2 aromatic carbocycles. The summed E-state index contributed by atoms with van der Waals surface area (Å²) < 4.78 is 16.3. The Hall–Kier alpha value is -0.390. The molecule has 2 aromatic rings. The predicted octanol–water partition coefficient (Wildman–Crippen LogP) is 5.73. The SMILES string of the molecule is Fc1ccc(Br)cc1CNc1c(Br)cccc1Br. The van der Waals surface area contributed by atoms with Crippen LogP contribution < -0.4 is 5.32 Å². The third kappa shape index (κ3) is 3.33. The summed E-state index contributed by atoms with van der Waals surface area (Å²) in [5, 5.41) is 3.21. The van der Waals surface area contributed by atoms with Crippen molar-refractivity contribution in [2.24, 2.45) is 0 Å². The van der Waals surface area contributed by atoms with Gasteiger partial charge in [-0.15, -0.1) is 0 Å². The number of anilines is 1. The first kappa shape index (κ1) is 14.0. The summed E-state index contributed by atoms with van der Waals surface area (Å²) in [5.74, 6) is -0.214. The van der Waals surface area contributed by atoms with E-state index >= 15 is 0 Å². The van der Waals surface area contributed by atoms with Gasteiger partial charge in [-0.3, -0.25) is 0 Å². The van der Waals surface area contributed by atoms with Gasteiger partial charge in [0.15, 0.2) is 0 Å². The molecular formula is C13H9Br3FN. The average Bonchev–Trinajstić information content (AvgIpc) is 2.33. The normalized spacial score (nSPS) is 10.4. The summed E-state index contributed by atoms with van der Waals surface area (Å²) in [5.41, 5.74) is 1.53. The summed E-state index contributed by atoms with van der Waals surface area (Å²) in [7, 11) is 0. The van der Waals surface area contributed by atoms with Crippen LogP contribution in [0.2, 0.25) is 0 Å². The van der Waals surface area contributed by atoms with E-state index in [1.807, 2.05) is 18.2 Å². The average molecular weight is 438 g/mol. The lowest BCUT2D eigenvalue weighted by Gasteiger charge is -2.11. The molecule has 94 valence electrons. The first-order chi connectivity index (χ1) is 8.58. The van der Waals surface area contributed by atoms with Gasteiger partial charge in [-0.25, -0.2) is 4.39 Å². The molecule has 0 saturated carbocycles. The maximum atomic E-state index is 13.6. The Labute approximate surface area is 130 Å². The van der Waals surface area contributed by atoms with Crippen LogP contribution in [0.1, 0.15) is 5.56 Å². The van der Waals surface area contributed by atoms with Gasteiger partial charge < -0.3 is 5.32 Å². The smallest absolute Gasteiger partial charge is 0.128 e. The number of nitrogens with one attached hydrogen (secondary N) is 1. The molecule has 1 N–H and O–H groups in total. The van der Waals surface area contributed by atoms with Crippen LogP contribution in [0.3, 0.4) is 0 Å². The first-order valence-corrected chi connectivity index (χ1v) is 7.57. The number of halogens is 4. The van der Waals surface area contributed by atoms with Gasteiger partial charge in [0.1, 0.15) is 5.82 Å². The third-order valence-electron chi connectivity index (χ3n) is 2.43. The molecule has 2 rings (SSSR count). The van der Waals surface area contributed by atoms with Crippen LogP contribution in [-0.2, 0) is 6.54 Å². The van der Waals surface area contributed by atoms with E-state index < -0.39 is 0 Å². The monoisotopic (exact) mass is 435 g/mol. The Kier molecular flexibility index (Phi) is 4.81. The largest absolute Gasteiger partial charge is 0.379 e. The van der Waals surface area contributed by atoms with Crippen LogP contribution in [0.5, 0.6) is 0 Å². The number of hydrogen-bond acceptors (Lipinski definition) is 1. The lowest BCUT2D eigenvalue weighted by atomic mass is 10.2.